The summed E-state index contributed by atoms with van der Waals surface area (Å²) in [4.78, 5) is 12.6. The molecule has 1 heterocycles. The Hall–Kier alpha value is -3.30. The second-order valence-electron chi connectivity index (χ2n) is 7.95. The summed E-state index contributed by atoms with van der Waals surface area (Å²) in [6, 6.07) is 21.1. The molecule has 0 aliphatic carbocycles. The Labute approximate surface area is 215 Å². The van der Waals surface area contributed by atoms with Crippen molar-refractivity contribution in [2.75, 3.05) is 11.1 Å². The number of alkyl halides is 3. The van der Waals surface area contributed by atoms with Crippen LogP contribution in [0.15, 0.2) is 78.0 Å². The van der Waals surface area contributed by atoms with Crippen LogP contribution in [0.1, 0.15) is 29.4 Å². The van der Waals surface area contributed by atoms with Gasteiger partial charge in [0.05, 0.1) is 16.3 Å². The van der Waals surface area contributed by atoms with Gasteiger partial charge in [-0.25, -0.2) is 0 Å². The highest BCUT2D eigenvalue weighted by molar-refractivity contribution is 7.99. The molecule has 0 aliphatic rings. The minimum absolute atomic E-state index is 0.0127. The van der Waals surface area contributed by atoms with Gasteiger partial charge in [0, 0.05) is 17.8 Å². The third-order valence-electron chi connectivity index (χ3n) is 5.40. The molecule has 0 unspecified atom stereocenters. The lowest BCUT2D eigenvalue weighted by Gasteiger charge is -2.12. The van der Waals surface area contributed by atoms with E-state index in [0.29, 0.717) is 17.4 Å². The van der Waals surface area contributed by atoms with E-state index in [-0.39, 0.29) is 11.4 Å². The van der Waals surface area contributed by atoms with Gasteiger partial charge in [0.25, 0.3) is 0 Å². The Morgan fingerprint density at radius 2 is 1.72 bits per heavy atom. The zero-order valence-corrected chi connectivity index (χ0v) is 20.8. The molecule has 0 saturated heterocycles. The Bertz CT molecular complexity index is 1340. The first-order chi connectivity index (χ1) is 17.2. The molecule has 0 bridgehead atoms. The number of carbonyl (C=O) groups excluding carboxylic acids is 1. The maximum absolute atomic E-state index is 13.1. The summed E-state index contributed by atoms with van der Waals surface area (Å²) in [7, 11) is 0. The minimum atomic E-state index is -4.62. The molecular weight excluding hydrogens is 509 g/mol. The summed E-state index contributed by atoms with van der Waals surface area (Å²) in [6.07, 6.45) is -3.17. The predicted molar refractivity (Wildman–Crippen MR) is 136 cm³/mol. The van der Waals surface area contributed by atoms with Gasteiger partial charge in [0.15, 0.2) is 5.16 Å². The fraction of sp³-hybridized carbons (Fsp3) is 0.192. The quantitative estimate of drug-likeness (QED) is 0.254. The average molecular weight is 531 g/mol. The highest BCUT2D eigenvalue weighted by atomic mass is 35.5. The first kappa shape index (κ1) is 25.8. The average Bonchev–Trinajstić information content (AvgIpc) is 3.26. The van der Waals surface area contributed by atoms with Crippen molar-refractivity contribution < 1.29 is 18.0 Å². The molecule has 0 aliphatic heterocycles. The van der Waals surface area contributed by atoms with Crippen molar-refractivity contribution in [2.45, 2.75) is 31.1 Å². The Morgan fingerprint density at radius 1 is 1.00 bits per heavy atom. The number of carbonyl (C=O) groups is 1. The number of nitrogens with one attached hydrogen (secondary N) is 1. The number of hydrogen-bond donors (Lipinski definition) is 1. The van der Waals surface area contributed by atoms with Crippen LogP contribution in [0.4, 0.5) is 18.9 Å². The van der Waals surface area contributed by atoms with Crippen LogP contribution in [0, 0.1) is 0 Å². The molecule has 3 aromatic carbocycles. The molecule has 186 valence electrons. The molecule has 1 aromatic heterocycles. The van der Waals surface area contributed by atoms with E-state index in [1.165, 1.54) is 11.6 Å². The van der Waals surface area contributed by atoms with Gasteiger partial charge in [-0.1, -0.05) is 72.8 Å². The molecule has 0 saturated carbocycles. The first-order valence-electron chi connectivity index (χ1n) is 11.1. The molecule has 36 heavy (non-hydrogen) atoms. The van der Waals surface area contributed by atoms with Crippen molar-refractivity contribution in [3.8, 4) is 5.69 Å². The topological polar surface area (TPSA) is 59.8 Å². The highest BCUT2D eigenvalue weighted by Crippen LogP contribution is 2.36. The van der Waals surface area contributed by atoms with E-state index < -0.39 is 22.7 Å². The number of hydrogen-bond acceptors (Lipinski definition) is 4. The fourth-order valence-electron chi connectivity index (χ4n) is 3.57. The molecular formula is C26H22ClF3N4OS. The van der Waals surface area contributed by atoms with E-state index in [4.69, 9.17) is 11.6 Å². The number of halogens is 4. The van der Waals surface area contributed by atoms with Gasteiger partial charge < -0.3 is 5.32 Å². The highest BCUT2D eigenvalue weighted by Gasteiger charge is 2.33. The maximum atomic E-state index is 13.1. The molecule has 0 atom stereocenters. The van der Waals surface area contributed by atoms with E-state index in [0.717, 1.165) is 41.6 Å². The Morgan fingerprint density at radius 3 is 2.39 bits per heavy atom. The van der Waals surface area contributed by atoms with Gasteiger partial charge in [-0.3, -0.25) is 9.36 Å². The molecule has 0 radical (unpaired) electrons. The van der Waals surface area contributed by atoms with Gasteiger partial charge in [0.1, 0.15) is 5.82 Å². The third-order valence-corrected chi connectivity index (χ3v) is 6.65. The number of anilines is 1. The largest absolute Gasteiger partial charge is 0.417 e. The van der Waals surface area contributed by atoms with Crippen molar-refractivity contribution in [3.63, 3.8) is 0 Å². The van der Waals surface area contributed by atoms with Crippen LogP contribution < -0.4 is 5.32 Å². The SMILES string of the molecule is CCc1ccc(-n2c(Cc3ccccc3)nnc2SCC(=O)Nc2ccc(Cl)c(C(F)(F)F)c2)cc1. The molecule has 5 nitrogen and oxygen atoms in total. The van der Waals surface area contributed by atoms with Gasteiger partial charge in [-0.15, -0.1) is 10.2 Å². The molecule has 4 aromatic rings. The summed E-state index contributed by atoms with van der Waals surface area (Å²) in [6.45, 7) is 2.08. The Balaban J connectivity index is 1.54. The van der Waals surface area contributed by atoms with Crippen LogP contribution in [0.25, 0.3) is 5.69 Å². The van der Waals surface area contributed by atoms with Gasteiger partial charge >= 0.3 is 6.18 Å². The van der Waals surface area contributed by atoms with Crippen LogP contribution in [0.2, 0.25) is 5.02 Å². The second kappa shape index (κ2) is 11.2. The molecule has 4 rings (SSSR count). The summed E-state index contributed by atoms with van der Waals surface area (Å²) in [5.41, 5.74) is 2.12. The van der Waals surface area contributed by atoms with Crippen molar-refractivity contribution in [3.05, 3.63) is 100 Å². The summed E-state index contributed by atoms with van der Waals surface area (Å²) in [5.74, 6) is 0.164. The zero-order valence-electron chi connectivity index (χ0n) is 19.2. The Kier molecular flexibility index (Phi) is 8.01. The zero-order chi connectivity index (χ0) is 25.7. The van der Waals surface area contributed by atoms with Gasteiger partial charge in [0.2, 0.25) is 5.91 Å². The first-order valence-corrected chi connectivity index (χ1v) is 12.5. The van der Waals surface area contributed by atoms with Crippen LogP contribution in [0.5, 0.6) is 0 Å². The van der Waals surface area contributed by atoms with E-state index in [1.54, 1.807) is 0 Å². The van der Waals surface area contributed by atoms with Crippen molar-refractivity contribution in [2.24, 2.45) is 0 Å². The lowest BCUT2D eigenvalue weighted by atomic mass is 10.1. The van der Waals surface area contributed by atoms with Crippen LogP contribution >= 0.6 is 23.4 Å². The lowest BCUT2D eigenvalue weighted by Crippen LogP contribution is -2.16. The molecule has 0 fully saturated rings. The number of aromatic nitrogens is 3. The summed E-state index contributed by atoms with van der Waals surface area (Å²) in [5, 5.41) is 11.2. The monoisotopic (exact) mass is 530 g/mol. The van der Waals surface area contributed by atoms with Crippen LogP contribution in [-0.4, -0.2) is 26.4 Å². The predicted octanol–water partition coefficient (Wildman–Crippen LogP) is 6.82. The van der Waals surface area contributed by atoms with E-state index in [9.17, 15) is 18.0 Å². The van der Waals surface area contributed by atoms with Gasteiger partial charge in [-0.05, 0) is 47.9 Å². The van der Waals surface area contributed by atoms with E-state index in [2.05, 4.69) is 22.4 Å². The molecule has 10 heteroatoms. The smallest absolute Gasteiger partial charge is 0.325 e. The van der Waals surface area contributed by atoms with E-state index >= 15 is 0 Å². The van der Waals surface area contributed by atoms with Crippen molar-refractivity contribution in [1.29, 1.82) is 0 Å². The fourth-order valence-corrected chi connectivity index (χ4v) is 4.57. The number of nitrogens with zero attached hydrogens (tertiary/aromatic N) is 3. The second-order valence-corrected chi connectivity index (χ2v) is 9.30. The number of amides is 1. The van der Waals surface area contributed by atoms with Crippen LogP contribution in [-0.2, 0) is 23.8 Å². The number of rotatable bonds is 8. The molecule has 1 N–H and O–H groups in total. The molecule has 0 spiro atoms. The summed E-state index contributed by atoms with van der Waals surface area (Å²) >= 11 is 6.81. The number of thioether (sulfide) groups is 1. The van der Waals surface area contributed by atoms with Gasteiger partial charge in [-0.2, -0.15) is 13.2 Å². The summed E-state index contributed by atoms with van der Waals surface area (Å²) < 4.78 is 41.3. The standard InChI is InChI=1S/C26H22ClF3N4OS/c1-2-17-8-11-20(12-9-17)34-23(14-18-6-4-3-5-7-18)32-33-25(34)36-16-24(35)31-19-10-13-22(27)21(15-19)26(28,29)30/h3-13,15H,2,14,16H2,1H3,(H,31,35). The molecule has 1 amide bonds. The normalized spacial score (nSPS) is 11.5. The van der Waals surface area contributed by atoms with Crippen molar-refractivity contribution in [1.82, 2.24) is 14.8 Å². The lowest BCUT2D eigenvalue weighted by molar-refractivity contribution is -0.137. The van der Waals surface area contributed by atoms with Crippen molar-refractivity contribution >= 4 is 35.0 Å². The third kappa shape index (κ3) is 6.27. The minimum Gasteiger partial charge on any atom is -0.325 e. The maximum Gasteiger partial charge on any atom is 0.417 e. The van der Waals surface area contributed by atoms with Crippen LogP contribution in [0.3, 0.4) is 0 Å². The number of benzene rings is 3. The number of aryl methyl sites for hydroxylation is 1. The van der Waals surface area contributed by atoms with E-state index in [1.807, 2.05) is 59.2 Å².